The van der Waals surface area contributed by atoms with E-state index in [1.54, 1.807) is 0 Å². The first-order valence-electron chi connectivity index (χ1n) is 9.03. The van der Waals surface area contributed by atoms with Gasteiger partial charge in [0.15, 0.2) is 5.11 Å². The van der Waals surface area contributed by atoms with E-state index in [1.807, 2.05) is 0 Å². The van der Waals surface area contributed by atoms with Crippen molar-refractivity contribution < 1.29 is 4.74 Å². The molecule has 5 rings (SSSR count). The molecule has 0 aromatic heterocycles. The lowest BCUT2D eigenvalue weighted by Crippen LogP contribution is -2.59. The summed E-state index contributed by atoms with van der Waals surface area (Å²) in [4.78, 5) is 0. The molecule has 1 atom stereocenters. The molecule has 4 aliphatic carbocycles. The molecule has 5 fully saturated rings. The van der Waals surface area contributed by atoms with Gasteiger partial charge in [0.05, 0.1) is 13.2 Å². The van der Waals surface area contributed by atoms with E-state index in [0.29, 0.717) is 11.5 Å². The lowest BCUT2D eigenvalue weighted by molar-refractivity contribution is -0.0675. The highest BCUT2D eigenvalue weighted by molar-refractivity contribution is 7.80. The average Bonchev–Trinajstić information content (AvgIpc) is 2.46. The summed E-state index contributed by atoms with van der Waals surface area (Å²) in [6.07, 6.45) is 8.78. The summed E-state index contributed by atoms with van der Waals surface area (Å²) >= 11 is 5.56. The molecule has 0 spiro atoms. The van der Waals surface area contributed by atoms with Crippen molar-refractivity contribution >= 4 is 17.3 Å². The molecule has 1 heterocycles. The molecule has 0 radical (unpaired) electrons. The predicted molar refractivity (Wildman–Crippen MR) is 91.3 cm³/mol. The maximum absolute atomic E-state index is 5.56. The maximum Gasteiger partial charge on any atom is 0.181 e. The van der Waals surface area contributed by atoms with Crippen LogP contribution in [0.2, 0.25) is 0 Å². The fourth-order valence-corrected chi connectivity index (χ4v) is 6.21. The molecular formula is C17H29N3OS. The molecule has 4 bridgehead atoms. The largest absolute Gasteiger partial charge is 0.379 e. The van der Waals surface area contributed by atoms with Gasteiger partial charge in [0.1, 0.15) is 0 Å². The third kappa shape index (κ3) is 2.87. The van der Waals surface area contributed by atoms with Crippen molar-refractivity contribution in [2.45, 2.75) is 51.5 Å². The van der Waals surface area contributed by atoms with Crippen molar-refractivity contribution in [3.8, 4) is 0 Å². The molecule has 5 aliphatic rings. The summed E-state index contributed by atoms with van der Waals surface area (Å²) in [6.45, 7) is 5.77. The standard InChI is InChI=1S/C17H29N3OS/c1-12(18-16(22)19-20-2-4-21-5-3-20)17-9-13-6-14(10-17)8-15(7-13)11-17/h12-15H,2-11H2,1H3,(H2,18,19,22). The first-order valence-corrected chi connectivity index (χ1v) is 9.44. The third-order valence-corrected chi connectivity index (χ3v) is 6.83. The van der Waals surface area contributed by atoms with Crippen molar-refractivity contribution in [2.75, 3.05) is 26.3 Å². The summed E-state index contributed by atoms with van der Waals surface area (Å²) in [5.41, 5.74) is 3.86. The van der Waals surface area contributed by atoms with Crippen LogP contribution < -0.4 is 10.7 Å². The summed E-state index contributed by atoms with van der Waals surface area (Å²) < 4.78 is 5.38. The Labute approximate surface area is 139 Å². The molecular weight excluding hydrogens is 294 g/mol. The van der Waals surface area contributed by atoms with Crippen molar-refractivity contribution in [2.24, 2.45) is 23.2 Å². The number of ether oxygens (including phenoxy) is 1. The monoisotopic (exact) mass is 323 g/mol. The van der Waals surface area contributed by atoms with Crippen LogP contribution in [0.4, 0.5) is 0 Å². The van der Waals surface area contributed by atoms with E-state index in [0.717, 1.165) is 49.2 Å². The first kappa shape index (κ1) is 15.2. The second-order valence-corrected chi connectivity index (χ2v) is 8.59. The molecule has 1 unspecified atom stereocenters. The van der Waals surface area contributed by atoms with Gasteiger partial charge in [0.2, 0.25) is 0 Å². The maximum atomic E-state index is 5.56. The number of morpholine rings is 1. The fraction of sp³-hybridized carbons (Fsp3) is 0.941. The average molecular weight is 324 g/mol. The second-order valence-electron chi connectivity index (χ2n) is 8.19. The Hall–Kier alpha value is -0.390. The normalized spacial score (nSPS) is 42.1. The summed E-state index contributed by atoms with van der Waals surface area (Å²) in [6, 6.07) is 0.488. The highest BCUT2D eigenvalue weighted by Gasteiger charge is 2.53. The van der Waals surface area contributed by atoms with Gasteiger partial charge in [-0.05, 0) is 80.8 Å². The molecule has 124 valence electrons. The van der Waals surface area contributed by atoms with Crippen LogP contribution in [-0.4, -0.2) is 42.5 Å². The number of hydrogen-bond donors (Lipinski definition) is 2. The van der Waals surface area contributed by atoms with Gasteiger partial charge in [-0.15, -0.1) is 0 Å². The molecule has 5 heteroatoms. The fourth-order valence-electron chi connectivity index (χ4n) is 5.91. The predicted octanol–water partition coefficient (Wildman–Crippen LogP) is 2.30. The minimum absolute atomic E-state index is 0.488. The molecule has 4 nitrogen and oxygen atoms in total. The quantitative estimate of drug-likeness (QED) is 0.780. The van der Waals surface area contributed by atoms with Crippen LogP contribution in [0.1, 0.15) is 45.4 Å². The number of rotatable bonds is 3. The molecule has 0 aromatic rings. The molecule has 0 amide bonds. The topological polar surface area (TPSA) is 36.5 Å². The molecule has 1 saturated heterocycles. The van der Waals surface area contributed by atoms with E-state index in [2.05, 4.69) is 22.7 Å². The summed E-state index contributed by atoms with van der Waals surface area (Å²) in [5.74, 6) is 2.99. The number of thiocarbonyl (C=S) groups is 1. The van der Waals surface area contributed by atoms with Crippen molar-refractivity contribution in [3.05, 3.63) is 0 Å². The second kappa shape index (κ2) is 5.91. The Morgan fingerprint density at radius 2 is 1.64 bits per heavy atom. The van der Waals surface area contributed by atoms with E-state index < -0.39 is 0 Å². The highest BCUT2D eigenvalue weighted by atomic mass is 32.1. The molecule has 22 heavy (non-hydrogen) atoms. The van der Waals surface area contributed by atoms with Crippen LogP contribution >= 0.6 is 12.2 Å². The summed E-state index contributed by atoms with van der Waals surface area (Å²) in [5, 5.41) is 6.59. The van der Waals surface area contributed by atoms with Crippen molar-refractivity contribution in [1.29, 1.82) is 0 Å². The zero-order valence-corrected chi connectivity index (χ0v) is 14.5. The van der Waals surface area contributed by atoms with Crippen LogP contribution in [0.25, 0.3) is 0 Å². The van der Waals surface area contributed by atoms with Crippen LogP contribution in [0.5, 0.6) is 0 Å². The number of hydrazine groups is 1. The van der Waals surface area contributed by atoms with E-state index >= 15 is 0 Å². The van der Waals surface area contributed by atoms with Gasteiger partial charge in [0.25, 0.3) is 0 Å². The van der Waals surface area contributed by atoms with Crippen LogP contribution in [0.15, 0.2) is 0 Å². The minimum Gasteiger partial charge on any atom is -0.379 e. The van der Waals surface area contributed by atoms with Gasteiger partial charge in [-0.1, -0.05) is 0 Å². The third-order valence-electron chi connectivity index (χ3n) is 6.62. The van der Waals surface area contributed by atoms with Crippen LogP contribution in [0, 0.1) is 23.2 Å². The number of hydrogen-bond acceptors (Lipinski definition) is 3. The Bertz CT molecular complexity index is 400. The van der Waals surface area contributed by atoms with E-state index in [4.69, 9.17) is 17.0 Å². The van der Waals surface area contributed by atoms with E-state index in [-0.39, 0.29) is 0 Å². The molecule has 2 N–H and O–H groups in total. The van der Waals surface area contributed by atoms with Crippen molar-refractivity contribution in [3.63, 3.8) is 0 Å². The van der Waals surface area contributed by atoms with Gasteiger partial charge >= 0.3 is 0 Å². The molecule has 0 aromatic carbocycles. The van der Waals surface area contributed by atoms with Gasteiger partial charge < -0.3 is 10.1 Å². The smallest absolute Gasteiger partial charge is 0.181 e. The van der Waals surface area contributed by atoms with Gasteiger partial charge in [-0.25, -0.2) is 5.01 Å². The van der Waals surface area contributed by atoms with Crippen LogP contribution in [0.3, 0.4) is 0 Å². The van der Waals surface area contributed by atoms with Crippen LogP contribution in [-0.2, 0) is 4.74 Å². The molecule has 4 saturated carbocycles. The molecule has 1 aliphatic heterocycles. The number of nitrogens with zero attached hydrogens (tertiary/aromatic N) is 1. The first-order chi connectivity index (χ1) is 10.6. The van der Waals surface area contributed by atoms with E-state index in [9.17, 15) is 0 Å². The minimum atomic E-state index is 0.488. The lowest BCUT2D eigenvalue weighted by atomic mass is 9.48. The Balaban J connectivity index is 1.35. The number of nitrogens with one attached hydrogen (secondary N) is 2. The Morgan fingerprint density at radius 3 is 2.18 bits per heavy atom. The van der Waals surface area contributed by atoms with Gasteiger partial charge in [0, 0.05) is 19.1 Å². The van der Waals surface area contributed by atoms with Gasteiger partial charge in [-0.2, -0.15) is 0 Å². The summed E-state index contributed by atoms with van der Waals surface area (Å²) in [7, 11) is 0. The Kier molecular flexibility index (Phi) is 4.07. The SMILES string of the molecule is CC(NC(=S)NN1CCOCC1)C12CC3CC(CC(C3)C1)C2. The zero-order valence-electron chi connectivity index (χ0n) is 13.6. The zero-order chi connectivity index (χ0) is 15.2. The highest BCUT2D eigenvalue weighted by Crippen LogP contribution is 2.61. The van der Waals surface area contributed by atoms with E-state index in [1.165, 1.54) is 38.5 Å². The van der Waals surface area contributed by atoms with Crippen molar-refractivity contribution in [1.82, 2.24) is 15.8 Å². The Morgan fingerprint density at radius 1 is 1.09 bits per heavy atom. The van der Waals surface area contributed by atoms with Gasteiger partial charge in [-0.3, -0.25) is 5.43 Å². The lowest BCUT2D eigenvalue weighted by Gasteiger charge is -2.59.